The number of benzene rings is 1. The van der Waals surface area contributed by atoms with Crippen LogP contribution in [0.2, 0.25) is 5.15 Å². The average molecular weight is 514 g/mol. The van der Waals surface area contributed by atoms with Crippen LogP contribution in [0.25, 0.3) is 16.9 Å². The van der Waals surface area contributed by atoms with E-state index in [1.54, 1.807) is 31.6 Å². The lowest BCUT2D eigenvalue weighted by Gasteiger charge is -2.29. The standard InChI is InChI=1S/C29H28ClN5O2/c1-16-10-22-17(2)18(3)28(20-6-7-24(33-14-20)21(12-31)13-32-5)37-29(22)23(11-16)19(4)34-25-8-9-27(30)35-26(25)15-36/h6-15,19,34H,2,31H2,1,3-5H3. The number of hydrogen-bond acceptors (Lipinski definition) is 7. The molecule has 8 heteroatoms. The van der Waals surface area contributed by atoms with Crippen molar-refractivity contribution in [2.75, 3.05) is 12.4 Å². The van der Waals surface area contributed by atoms with Gasteiger partial charge in [0.05, 0.1) is 17.4 Å². The third-order valence-electron chi connectivity index (χ3n) is 6.19. The molecule has 0 bridgehead atoms. The molecule has 0 radical (unpaired) electrons. The molecule has 3 aromatic rings. The fourth-order valence-corrected chi connectivity index (χ4v) is 4.41. The first-order chi connectivity index (χ1) is 17.8. The van der Waals surface area contributed by atoms with Crippen molar-refractivity contribution in [1.29, 1.82) is 0 Å². The monoisotopic (exact) mass is 513 g/mol. The Morgan fingerprint density at radius 2 is 2.03 bits per heavy atom. The van der Waals surface area contributed by atoms with Crippen LogP contribution in [0.3, 0.4) is 0 Å². The van der Waals surface area contributed by atoms with Crippen LogP contribution in [0.15, 0.2) is 65.9 Å². The number of ether oxygens (including phenoxy) is 1. The van der Waals surface area contributed by atoms with E-state index < -0.39 is 0 Å². The van der Waals surface area contributed by atoms with Crippen molar-refractivity contribution in [2.45, 2.75) is 26.8 Å². The Hall–Kier alpha value is -4.23. The molecule has 3 heterocycles. The Balaban J connectivity index is 1.72. The van der Waals surface area contributed by atoms with Crippen LogP contribution in [0.1, 0.15) is 58.3 Å². The maximum absolute atomic E-state index is 11.6. The Labute approximate surface area is 221 Å². The molecule has 0 amide bonds. The predicted molar refractivity (Wildman–Crippen MR) is 151 cm³/mol. The highest BCUT2D eigenvalue weighted by Gasteiger charge is 2.27. The molecule has 0 spiro atoms. The van der Waals surface area contributed by atoms with Crippen molar-refractivity contribution in [1.82, 2.24) is 9.97 Å². The molecule has 188 valence electrons. The number of anilines is 1. The fraction of sp³-hybridized carbons (Fsp3) is 0.172. The van der Waals surface area contributed by atoms with Crippen LogP contribution in [0.4, 0.5) is 5.69 Å². The molecule has 1 aliphatic heterocycles. The Morgan fingerprint density at radius 3 is 2.68 bits per heavy atom. The van der Waals surface area contributed by atoms with Crippen LogP contribution in [0.5, 0.6) is 5.75 Å². The molecule has 7 nitrogen and oxygen atoms in total. The van der Waals surface area contributed by atoms with Gasteiger partial charge in [-0.15, -0.1) is 0 Å². The number of hydrogen-bond donors (Lipinski definition) is 2. The third kappa shape index (κ3) is 5.17. The molecule has 1 aromatic carbocycles. The van der Waals surface area contributed by atoms with Gasteiger partial charge in [-0.3, -0.25) is 14.8 Å². The fourth-order valence-electron chi connectivity index (χ4n) is 4.26. The molecule has 1 unspecified atom stereocenters. The number of fused-ring (bicyclic) bond motifs is 1. The van der Waals surface area contributed by atoms with E-state index >= 15 is 0 Å². The van der Waals surface area contributed by atoms with E-state index in [0.29, 0.717) is 29.2 Å². The summed E-state index contributed by atoms with van der Waals surface area (Å²) in [6.45, 7) is 10.4. The minimum atomic E-state index is -0.214. The predicted octanol–water partition coefficient (Wildman–Crippen LogP) is 6.26. The normalized spacial score (nSPS) is 14.4. The highest BCUT2D eigenvalue weighted by atomic mass is 35.5. The van der Waals surface area contributed by atoms with Gasteiger partial charge >= 0.3 is 0 Å². The number of nitrogens with one attached hydrogen (secondary N) is 1. The molecule has 0 fully saturated rings. The lowest BCUT2D eigenvalue weighted by molar-refractivity contribution is 0.112. The van der Waals surface area contributed by atoms with E-state index in [-0.39, 0.29) is 16.9 Å². The van der Waals surface area contributed by atoms with Gasteiger partial charge in [0.1, 0.15) is 22.4 Å². The number of nitrogens with zero attached hydrogens (tertiary/aromatic N) is 3. The maximum Gasteiger partial charge on any atom is 0.170 e. The SMILES string of the molecule is C=C1C(C)=C(c2ccc(C(C=NC)=CN)nc2)Oc2c1cc(C)cc2C(C)Nc1ccc(Cl)nc1C=O. The van der Waals surface area contributed by atoms with Crippen molar-refractivity contribution in [2.24, 2.45) is 10.7 Å². The first-order valence-corrected chi connectivity index (χ1v) is 12.1. The number of rotatable bonds is 7. The smallest absolute Gasteiger partial charge is 0.170 e. The maximum atomic E-state index is 11.6. The van der Waals surface area contributed by atoms with E-state index in [9.17, 15) is 4.79 Å². The molecule has 2 aromatic heterocycles. The van der Waals surface area contributed by atoms with Crippen molar-refractivity contribution in [3.8, 4) is 5.75 Å². The average Bonchev–Trinajstić information content (AvgIpc) is 2.90. The lowest BCUT2D eigenvalue weighted by Crippen LogP contribution is -2.15. The quantitative estimate of drug-likeness (QED) is 0.219. The van der Waals surface area contributed by atoms with Crippen LogP contribution in [-0.4, -0.2) is 29.5 Å². The molecule has 1 aliphatic rings. The topological polar surface area (TPSA) is 102 Å². The van der Waals surface area contributed by atoms with Gasteiger partial charge in [-0.1, -0.05) is 24.2 Å². The molecule has 4 rings (SSSR count). The van der Waals surface area contributed by atoms with Gasteiger partial charge in [-0.2, -0.15) is 0 Å². The van der Waals surface area contributed by atoms with Crippen LogP contribution < -0.4 is 15.8 Å². The molecule has 37 heavy (non-hydrogen) atoms. The third-order valence-corrected chi connectivity index (χ3v) is 6.41. The second-order valence-electron chi connectivity index (χ2n) is 8.76. The molecule has 0 saturated carbocycles. The number of carbonyl (C=O) groups is 1. The molecule has 0 saturated heterocycles. The van der Waals surface area contributed by atoms with Crippen LogP contribution in [-0.2, 0) is 0 Å². The largest absolute Gasteiger partial charge is 0.455 e. The van der Waals surface area contributed by atoms with Crippen molar-refractivity contribution in [3.63, 3.8) is 0 Å². The molecular formula is C29H28ClN5O2. The zero-order valence-electron chi connectivity index (χ0n) is 21.2. The van der Waals surface area contributed by atoms with Gasteiger partial charge in [0, 0.05) is 47.9 Å². The number of aromatic nitrogens is 2. The van der Waals surface area contributed by atoms with Gasteiger partial charge in [-0.05, 0) is 67.8 Å². The second-order valence-corrected chi connectivity index (χ2v) is 9.14. The second kappa shape index (κ2) is 10.8. The summed E-state index contributed by atoms with van der Waals surface area (Å²) in [4.78, 5) is 24.3. The summed E-state index contributed by atoms with van der Waals surface area (Å²) in [6, 6.07) is 11.1. The number of carbonyl (C=O) groups excluding carboxylic acids is 1. The van der Waals surface area contributed by atoms with Crippen molar-refractivity contribution >= 4 is 46.7 Å². The lowest BCUT2D eigenvalue weighted by atomic mass is 9.89. The molecular weight excluding hydrogens is 486 g/mol. The summed E-state index contributed by atoms with van der Waals surface area (Å²) in [5.41, 5.74) is 13.5. The van der Waals surface area contributed by atoms with E-state index in [2.05, 4.69) is 39.0 Å². The Kier molecular flexibility index (Phi) is 7.55. The van der Waals surface area contributed by atoms with E-state index in [0.717, 1.165) is 39.0 Å². The number of aldehydes is 1. The molecule has 0 aliphatic carbocycles. The van der Waals surface area contributed by atoms with Gasteiger partial charge in [0.2, 0.25) is 0 Å². The van der Waals surface area contributed by atoms with Gasteiger partial charge in [0.15, 0.2) is 6.29 Å². The van der Waals surface area contributed by atoms with Crippen molar-refractivity contribution < 1.29 is 9.53 Å². The van der Waals surface area contributed by atoms with E-state index in [1.807, 2.05) is 32.9 Å². The Morgan fingerprint density at radius 1 is 1.24 bits per heavy atom. The highest BCUT2D eigenvalue weighted by Crippen LogP contribution is 2.45. The number of aryl methyl sites for hydroxylation is 1. The Bertz CT molecular complexity index is 1470. The summed E-state index contributed by atoms with van der Waals surface area (Å²) in [6.07, 6.45) is 5.58. The summed E-state index contributed by atoms with van der Waals surface area (Å²) in [7, 11) is 1.68. The number of nitrogens with two attached hydrogens (primary N) is 1. The number of pyridine rings is 2. The van der Waals surface area contributed by atoms with Crippen LogP contribution in [0, 0.1) is 6.92 Å². The summed E-state index contributed by atoms with van der Waals surface area (Å²) in [5.74, 6) is 1.38. The van der Waals surface area contributed by atoms with Crippen molar-refractivity contribution in [3.05, 3.63) is 99.7 Å². The summed E-state index contributed by atoms with van der Waals surface area (Å²) in [5, 5.41) is 3.64. The van der Waals surface area contributed by atoms with Crippen LogP contribution >= 0.6 is 11.6 Å². The highest BCUT2D eigenvalue weighted by molar-refractivity contribution is 6.29. The van der Waals surface area contributed by atoms with Gasteiger partial charge in [-0.25, -0.2) is 4.98 Å². The minimum absolute atomic E-state index is 0.214. The van der Waals surface area contributed by atoms with Gasteiger partial charge in [0.25, 0.3) is 0 Å². The van der Waals surface area contributed by atoms with Gasteiger partial charge < -0.3 is 15.8 Å². The first kappa shape index (κ1) is 25.9. The number of halogens is 1. The zero-order chi connectivity index (χ0) is 26.7. The summed E-state index contributed by atoms with van der Waals surface area (Å²) < 4.78 is 6.56. The molecule has 1 atom stereocenters. The number of allylic oxidation sites excluding steroid dienone is 3. The van der Waals surface area contributed by atoms with E-state index in [1.165, 1.54) is 6.20 Å². The zero-order valence-corrected chi connectivity index (χ0v) is 21.9. The number of aliphatic imine (C=N–C) groups is 1. The minimum Gasteiger partial charge on any atom is -0.455 e. The van der Waals surface area contributed by atoms with E-state index in [4.69, 9.17) is 22.1 Å². The molecule has 3 N–H and O–H groups in total. The summed E-state index contributed by atoms with van der Waals surface area (Å²) >= 11 is 5.97. The first-order valence-electron chi connectivity index (χ1n) is 11.7.